The van der Waals surface area contributed by atoms with Gasteiger partial charge in [0.1, 0.15) is 0 Å². The second-order valence-corrected chi connectivity index (χ2v) is 7.35. The van der Waals surface area contributed by atoms with Gasteiger partial charge in [-0.15, -0.1) is 0 Å². The first kappa shape index (κ1) is 18.6. The molecule has 0 radical (unpaired) electrons. The molecule has 2 aromatic carbocycles. The number of rotatable bonds is 4. The summed E-state index contributed by atoms with van der Waals surface area (Å²) in [5.41, 5.74) is 1.70. The molecule has 6 nitrogen and oxygen atoms in total. The molecule has 7 heteroatoms. The van der Waals surface area contributed by atoms with Crippen molar-refractivity contribution in [1.82, 2.24) is 5.32 Å². The van der Waals surface area contributed by atoms with E-state index in [1.807, 2.05) is 42.2 Å². The van der Waals surface area contributed by atoms with Gasteiger partial charge in [-0.2, -0.15) is 0 Å². The van der Waals surface area contributed by atoms with Crippen molar-refractivity contribution < 1.29 is 19.0 Å². The van der Waals surface area contributed by atoms with Crippen LogP contribution < -0.4 is 19.7 Å². The van der Waals surface area contributed by atoms with Gasteiger partial charge < -0.3 is 19.5 Å². The number of nitrogens with zero attached hydrogens (tertiary/aromatic N) is 1. The number of hydrogen-bond acceptors (Lipinski definition) is 5. The van der Waals surface area contributed by atoms with Crippen LogP contribution in [-0.4, -0.2) is 30.5 Å². The van der Waals surface area contributed by atoms with E-state index >= 15 is 0 Å². The number of carbonyl (C=O) groups is 1. The van der Waals surface area contributed by atoms with Crippen LogP contribution in [0.25, 0.3) is 0 Å². The number of carbonyl (C=O) groups excluding carboxylic acids is 1. The first-order valence-electron chi connectivity index (χ1n) is 9.20. The van der Waals surface area contributed by atoms with Crippen molar-refractivity contribution in [3.8, 4) is 11.5 Å². The van der Waals surface area contributed by atoms with E-state index in [4.69, 9.17) is 26.4 Å². The first-order chi connectivity index (χ1) is 13.5. The summed E-state index contributed by atoms with van der Waals surface area (Å²) in [6.07, 6.45) is 0.715. The van der Waals surface area contributed by atoms with E-state index in [2.05, 4.69) is 5.32 Å². The third kappa shape index (κ3) is 2.96. The number of ether oxygens (including phenoxy) is 3. The van der Waals surface area contributed by atoms with Gasteiger partial charge in [-0.25, -0.2) is 4.79 Å². The average molecular weight is 398 g/mol. The van der Waals surface area contributed by atoms with Gasteiger partial charge in [0.2, 0.25) is 0 Å². The fourth-order valence-corrected chi connectivity index (χ4v) is 4.31. The summed E-state index contributed by atoms with van der Waals surface area (Å²) >= 11 is 5.66. The Labute approximate surface area is 169 Å². The van der Waals surface area contributed by atoms with E-state index in [1.54, 1.807) is 26.2 Å². The quantitative estimate of drug-likeness (QED) is 0.621. The molecule has 4 rings (SSSR count). The molecule has 0 aliphatic carbocycles. The second kappa shape index (κ2) is 6.98. The summed E-state index contributed by atoms with van der Waals surface area (Å²) in [5.74, 6) is 1.08. The maximum atomic E-state index is 11.9. The number of nitrogens with one attached hydrogen (secondary N) is 1. The largest absolute Gasteiger partial charge is 0.493 e. The number of thiocarbonyl (C=S) groups is 1. The van der Waals surface area contributed by atoms with Crippen LogP contribution in [-0.2, 0) is 4.74 Å². The normalized spacial score (nSPS) is 22.6. The van der Waals surface area contributed by atoms with E-state index in [9.17, 15) is 4.79 Å². The molecule has 2 heterocycles. The molecule has 0 amide bonds. The molecule has 2 aliphatic rings. The van der Waals surface area contributed by atoms with E-state index in [0.29, 0.717) is 29.5 Å². The number of esters is 1. The summed E-state index contributed by atoms with van der Waals surface area (Å²) in [5, 5.41) is 4.00. The molecular weight excluding hydrogens is 376 g/mol. The number of para-hydroxylation sites is 1. The smallest absolute Gasteiger partial charge is 0.338 e. The molecule has 146 valence electrons. The molecule has 2 bridgehead atoms. The van der Waals surface area contributed by atoms with Gasteiger partial charge >= 0.3 is 5.97 Å². The van der Waals surface area contributed by atoms with Gasteiger partial charge in [-0.05, 0) is 56.4 Å². The monoisotopic (exact) mass is 398 g/mol. The maximum absolute atomic E-state index is 11.9. The fourth-order valence-electron chi connectivity index (χ4n) is 3.87. The number of fused-ring (bicyclic) bond motifs is 4. The number of anilines is 1. The molecule has 2 aromatic rings. The molecule has 1 N–H and O–H groups in total. The molecule has 2 unspecified atom stereocenters. The minimum atomic E-state index is -0.680. The van der Waals surface area contributed by atoms with Crippen LogP contribution in [0.2, 0.25) is 0 Å². The average Bonchev–Trinajstić information content (AvgIpc) is 2.67. The summed E-state index contributed by atoms with van der Waals surface area (Å²) < 4.78 is 17.0. The lowest BCUT2D eigenvalue weighted by Crippen LogP contribution is -2.65. The Hall–Kier alpha value is -2.80. The zero-order valence-electron chi connectivity index (χ0n) is 16.0. The van der Waals surface area contributed by atoms with Crippen molar-refractivity contribution in [1.29, 1.82) is 0 Å². The van der Waals surface area contributed by atoms with Crippen LogP contribution in [0.5, 0.6) is 11.5 Å². The Bertz CT molecular complexity index is 931. The lowest BCUT2D eigenvalue weighted by atomic mass is 9.90. The van der Waals surface area contributed by atoms with E-state index in [1.165, 1.54) is 0 Å². The topological polar surface area (TPSA) is 60.0 Å². The number of hydrogen-bond donors (Lipinski definition) is 1. The van der Waals surface area contributed by atoms with Crippen LogP contribution >= 0.6 is 12.2 Å². The van der Waals surface area contributed by atoms with E-state index in [0.717, 1.165) is 17.0 Å². The highest BCUT2D eigenvalue weighted by atomic mass is 32.1. The predicted octanol–water partition coefficient (Wildman–Crippen LogP) is 3.81. The van der Waals surface area contributed by atoms with Crippen molar-refractivity contribution in [2.75, 3.05) is 18.6 Å². The van der Waals surface area contributed by atoms with Crippen molar-refractivity contribution >= 4 is 29.0 Å². The minimum absolute atomic E-state index is 0.0476. The number of methoxy groups -OCH3 is 1. The predicted molar refractivity (Wildman–Crippen MR) is 110 cm³/mol. The Morgan fingerprint density at radius 1 is 1.32 bits per heavy atom. The van der Waals surface area contributed by atoms with Gasteiger partial charge in [0.15, 0.2) is 22.3 Å². The van der Waals surface area contributed by atoms with Crippen LogP contribution in [0.15, 0.2) is 42.5 Å². The molecule has 2 aliphatic heterocycles. The highest BCUT2D eigenvalue weighted by Crippen LogP contribution is 2.49. The van der Waals surface area contributed by atoms with Gasteiger partial charge in [-0.1, -0.05) is 12.1 Å². The van der Waals surface area contributed by atoms with Gasteiger partial charge in [0.25, 0.3) is 0 Å². The second-order valence-electron chi connectivity index (χ2n) is 6.96. The molecule has 0 spiro atoms. The Kier molecular flexibility index (Phi) is 4.63. The Morgan fingerprint density at radius 2 is 2.07 bits per heavy atom. The zero-order valence-corrected chi connectivity index (χ0v) is 16.8. The first-order valence-corrected chi connectivity index (χ1v) is 9.61. The third-order valence-electron chi connectivity index (χ3n) is 5.12. The minimum Gasteiger partial charge on any atom is -0.493 e. The molecule has 1 saturated heterocycles. The maximum Gasteiger partial charge on any atom is 0.338 e. The fraction of sp³-hybridized carbons (Fsp3) is 0.333. The third-order valence-corrected chi connectivity index (χ3v) is 5.42. The lowest BCUT2D eigenvalue weighted by Gasteiger charge is -2.52. The van der Waals surface area contributed by atoms with Crippen molar-refractivity contribution in [3.05, 3.63) is 53.6 Å². The highest BCUT2D eigenvalue weighted by molar-refractivity contribution is 7.80. The van der Waals surface area contributed by atoms with E-state index < -0.39 is 5.72 Å². The van der Waals surface area contributed by atoms with Crippen LogP contribution in [0.4, 0.5) is 5.69 Å². The molecule has 1 fully saturated rings. The highest BCUT2D eigenvalue weighted by Gasteiger charge is 2.49. The summed E-state index contributed by atoms with van der Waals surface area (Å²) in [7, 11) is 1.63. The molecular formula is C21H22N2O4S. The van der Waals surface area contributed by atoms with Gasteiger partial charge in [-0.3, -0.25) is 4.90 Å². The van der Waals surface area contributed by atoms with E-state index in [-0.39, 0.29) is 12.0 Å². The summed E-state index contributed by atoms with van der Waals surface area (Å²) in [6, 6.07) is 13.1. The molecule has 2 atom stereocenters. The standard InChI is InChI=1S/C21H22N2O4S/c1-4-26-19(24)13-8-10-14(11-9-13)23-20(28)22-16-12-21(23,2)27-18-15(16)6-5-7-17(18)25-3/h5-11,16H,4,12H2,1-3H3,(H,22,28). The van der Waals surface area contributed by atoms with Crippen LogP contribution in [0, 0.1) is 0 Å². The lowest BCUT2D eigenvalue weighted by molar-refractivity contribution is 0.0464. The SMILES string of the molecule is CCOC(=O)c1ccc(N2C(=S)NC3CC2(C)Oc2c(OC)cccc23)cc1. The van der Waals surface area contributed by atoms with Crippen molar-refractivity contribution in [2.24, 2.45) is 0 Å². The summed E-state index contributed by atoms with van der Waals surface area (Å²) in [4.78, 5) is 13.9. The van der Waals surface area contributed by atoms with Crippen molar-refractivity contribution in [2.45, 2.75) is 32.0 Å². The molecule has 0 saturated carbocycles. The van der Waals surface area contributed by atoms with Crippen molar-refractivity contribution in [3.63, 3.8) is 0 Å². The Balaban J connectivity index is 1.70. The van der Waals surface area contributed by atoms with Gasteiger partial charge in [0, 0.05) is 17.7 Å². The molecule has 28 heavy (non-hydrogen) atoms. The zero-order chi connectivity index (χ0) is 19.9. The van der Waals surface area contributed by atoms with Crippen LogP contribution in [0.1, 0.15) is 42.2 Å². The Morgan fingerprint density at radius 3 is 2.75 bits per heavy atom. The summed E-state index contributed by atoms with van der Waals surface area (Å²) in [6.45, 7) is 4.14. The number of benzene rings is 2. The molecule has 0 aromatic heterocycles. The van der Waals surface area contributed by atoms with Gasteiger partial charge in [0.05, 0.1) is 25.3 Å². The van der Waals surface area contributed by atoms with Crippen LogP contribution in [0.3, 0.4) is 0 Å².